The zero-order valence-electron chi connectivity index (χ0n) is 12.9. The number of unbranched alkanes of at least 4 members (excludes halogenated alkanes) is 1. The summed E-state index contributed by atoms with van der Waals surface area (Å²) >= 11 is 0. The van der Waals surface area contributed by atoms with Gasteiger partial charge in [-0.2, -0.15) is 4.68 Å². The summed E-state index contributed by atoms with van der Waals surface area (Å²) in [6.07, 6.45) is 3.48. The van der Waals surface area contributed by atoms with Crippen molar-refractivity contribution in [2.45, 2.75) is 38.8 Å². The van der Waals surface area contributed by atoms with Crippen molar-refractivity contribution in [3.63, 3.8) is 0 Å². The van der Waals surface area contributed by atoms with E-state index in [1.54, 1.807) is 4.90 Å². The van der Waals surface area contributed by atoms with Gasteiger partial charge in [-0.1, -0.05) is 13.3 Å². The summed E-state index contributed by atoms with van der Waals surface area (Å²) in [5, 5.41) is 14.3. The molecule has 0 spiro atoms. The zero-order chi connectivity index (χ0) is 17.0. The summed E-state index contributed by atoms with van der Waals surface area (Å²) in [7, 11) is -3.08. The monoisotopic (exact) mass is 344 g/mol. The Morgan fingerprint density at radius 1 is 1.57 bits per heavy atom. The largest absolute Gasteiger partial charge is 0.389 e. The number of sulfone groups is 1. The van der Waals surface area contributed by atoms with Crippen LogP contribution in [0.15, 0.2) is 12.3 Å². The fraction of sp³-hybridized carbons (Fsp3) is 0.692. The average molecular weight is 344 g/mol. The molecular formula is C13H20N4O5S. The minimum Gasteiger partial charge on any atom is -0.358 e. The minimum atomic E-state index is -3.08. The highest BCUT2D eigenvalue weighted by Crippen LogP contribution is 2.19. The molecule has 1 saturated heterocycles. The van der Waals surface area contributed by atoms with Crippen LogP contribution in [-0.2, 0) is 21.2 Å². The molecule has 1 aromatic rings. The molecule has 0 N–H and O–H groups in total. The van der Waals surface area contributed by atoms with Gasteiger partial charge >= 0.3 is 5.82 Å². The molecule has 1 atom stereocenters. The predicted molar refractivity (Wildman–Crippen MR) is 82.6 cm³/mol. The number of amides is 1. The van der Waals surface area contributed by atoms with E-state index >= 15 is 0 Å². The van der Waals surface area contributed by atoms with Crippen molar-refractivity contribution in [3.8, 4) is 0 Å². The molecule has 9 nitrogen and oxygen atoms in total. The van der Waals surface area contributed by atoms with Gasteiger partial charge in [-0.3, -0.25) is 4.79 Å². The molecule has 1 aromatic heterocycles. The van der Waals surface area contributed by atoms with Gasteiger partial charge in [0.1, 0.15) is 6.54 Å². The standard InChI is InChI=1S/C13H20N4O5S/c1-2-3-6-16(11-5-8-23(21,22)10-11)13(18)9-15-7-4-12(14-15)17(19)20/h4,7,11H,2-3,5-6,8-10H2,1H3. The fourth-order valence-electron chi connectivity index (χ4n) is 2.63. The number of carbonyl (C=O) groups is 1. The number of carbonyl (C=O) groups excluding carboxylic acids is 1. The molecule has 0 radical (unpaired) electrons. The summed E-state index contributed by atoms with van der Waals surface area (Å²) in [6, 6.07) is 0.911. The molecule has 0 bridgehead atoms. The number of aromatic nitrogens is 2. The van der Waals surface area contributed by atoms with Crippen molar-refractivity contribution >= 4 is 21.6 Å². The van der Waals surface area contributed by atoms with Gasteiger partial charge in [0.15, 0.2) is 9.84 Å². The molecule has 0 saturated carbocycles. The Balaban J connectivity index is 2.08. The number of hydrogen-bond donors (Lipinski definition) is 0. The smallest absolute Gasteiger partial charge is 0.358 e. The highest BCUT2D eigenvalue weighted by molar-refractivity contribution is 7.91. The van der Waals surface area contributed by atoms with Gasteiger partial charge in [0.05, 0.1) is 28.9 Å². The first-order valence-electron chi connectivity index (χ1n) is 7.50. The summed E-state index contributed by atoms with van der Waals surface area (Å²) in [5.74, 6) is -0.498. The Bertz CT molecular complexity index is 684. The van der Waals surface area contributed by atoms with Gasteiger partial charge < -0.3 is 15.0 Å². The van der Waals surface area contributed by atoms with E-state index in [9.17, 15) is 23.3 Å². The van der Waals surface area contributed by atoms with E-state index in [0.29, 0.717) is 13.0 Å². The molecule has 0 aromatic carbocycles. The Hall–Kier alpha value is -1.97. The van der Waals surface area contributed by atoms with Crippen molar-refractivity contribution in [2.24, 2.45) is 0 Å². The molecule has 128 valence electrons. The van der Waals surface area contributed by atoms with Crippen LogP contribution in [0, 0.1) is 10.1 Å². The Morgan fingerprint density at radius 2 is 2.30 bits per heavy atom. The molecule has 1 fully saturated rings. The van der Waals surface area contributed by atoms with Gasteiger partial charge in [0.25, 0.3) is 0 Å². The lowest BCUT2D eigenvalue weighted by Gasteiger charge is -2.27. The Kier molecular flexibility index (Phi) is 5.34. The van der Waals surface area contributed by atoms with Crippen LogP contribution >= 0.6 is 0 Å². The molecule has 0 aliphatic carbocycles. The van der Waals surface area contributed by atoms with Crippen molar-refractivity contribution < 1.29 is 18.1 Å². The van der Waals surface area contributed by atoms with Crippen LogP contribution in [0.3, 0.4) is 0 Å². The third-order valence-electron chi connectivity index (χ3n) is 3.83. The number of hydrogen-bond acceptors (Lipinski definition) is 6. The first-order chi connectivity index (χ1) is 10.8. The summed E-state index contributed by atoms with van der Waals surface area (Å²) in [5.41, 5.74) is 0. The van der Waals surface area contributed by atoms with E-state index in [4.69, 9.17) is 0 Å². The minimum absolute atomic E-state index is 0.0122. The fourth-order valence-corrected chi connectivity index (χ4v) is 4.36. The van der Waals surface area contributed by atoms with Crippen LogP contribution in [0.4, 0.5) is 5.82 Å². The van der Waals surface area contributed by atoms with Gasteiger partial charge in [0.2, 0.25) is 5.91 Å². The quantitative estimate of drug-likeness (QED) is 0.528. The molecule has 1 aliphatic rings. The van der Waals surface area contributed by atoms with Crippen molar-refractivity contribution in [3.05, 3.63) is 22.4 Å². The van der Waals surface area contributed by atoms with E-state index in [1.807, 2.05) is 6.92 Å². The summed E-state index contributed by atoms with van der Waals surface area (Å²) < 4.78 is 24.5. The molecular weight excluding hydrogens is 324 g/mol. The first-order valence-corrected chi connectivity index (χ1v) is 9.32. The zero-order valence-corrected chi connectivity index (χ0v) is 13.7. The first kappa shape index (κ1) is 17.4. The van der Waals surface area contributed by atoms with Crippen LogP contribution in [0.5, 0.6) is 0 Å². The van der Waals surface area contributed by atoms with E-state index in [2.05, 4.69) is 5.10 Å². The van der Waals surface area contributed by atoms with Crippen molar-refractivity contribution in [1.29, 1.82) is 0 Å². The van der Waals surface area contributed by atoms with E-state index in [0.717, 1.165) is 12.8 Å². The van der Waals surface area contributed by atoms with Crippen molar-refractivity contribution in [1.82, 2.24) is 14.7 Å². The normalized spacial score (nSPS) is 19.6. The van der Waals surface area contributed by atoms with Crippen LogP contribution in [0.2, 0.25) is 0 Å². The highest BCUT2D eigenvalue weighted by atomic mass is 32.2. The predicted octanol–water partition coefficient (Wildman–Crippen LogP) is 0.607. The second-order valence-electron chi connectivity index (χ2n) is 5.63. The van der Waals surface area contributed by atoms with E-state index in [1.165, 1.54) is 16.9 Å². The summed E-state index contributed by atoms with van der Waals surface area (Å²) in [6.45, 7) is 2.35. The van der Waals surface area contributed by atoms with E-state index in [-0.39, 0.29) is 35.8 Å². The maximum absolute atomic E-state index is 12.5. The lowest BCUT2D eigenvalue weighted by atomic mass is 10.2. The highest BCUT2D eigenvalue weighted by Gasteiger charge is 2.34. The Morgan fingerprint density at radius 3 is 2.83 bits per heavy atom. The Labute approximate surface area is 134 Å². The number of rotatable bonds is 7. The second kappa shape index (κ2) is 7.07. The lowest BCUT2D eigenvalue weighted by molar-refractivity contribution is -0.389. The van der Waals surface area contributed by atoms with E-state index < -0.39 is 14.8 Å². The summed E-state index contributed by atoms with van der Waals surface area (Å²) in [4.78, 5) is 24.1. The topological polar surface area (TPSA) is 115 Å². The third kappa shape index (κ3) is 4.50. The molecule has 23 heavy (non-hydrogen) atoms. The van der Waals surface area contributed by atoms with Gasteiger partial charge in [-0.25, -0.2) is 8.42 Å². The molecule has 1 amide bonds. The van der Waals surface area contributed by atoms with Crippen LogP contribution in [0.25, 0.3) is 0 Å². The van der Waals surface area contributed by atoms with Crippen molar-refractivity contribution in [2.75, 3.05) is 18.1 Å². The number of nitro groups is 1. The van der Waals surface area contributed by atoms with Gasteiger partial charge in [-0.15, -0.1) is 0 Å². The maximum atomic E-state index is 12.5. The molecule has 10 heteroatoms. The SMILES string of the molecule is CCCCN(C(=O)Cn1ccc([N+](=O)[O-])n1)C1CCS(=O)(=O)C1. The van der Waals surface area contributed by atoms with Crippen LogP contribution in [0.1, 0.15) is 26.2 Å². The number of nitrogens with zero attached hydrogens (tertiary/aromatic N) is 4. The van der Waals surface area contributed by atoms with Gasteiger partial charge in [-0.05, 0) is 17.8 Å². The third-order valence-corrected chi connectivity index (χ3v) is 5.58. The second-order valence-corrected chi connectivity index (χ2v) is 7.85. The van der Waals surface area contributed by atoms with Gasteiger partial charge in [0, 0.05) is 12.6 Å². The van der Waals surface area contributed by atoms with Crippen LogP contribution < -0.4 is 0 Å². The molecule has 2 heterocycles. The lowest BCUT2D eigenvalue weighted by Crippen LogP contribution is -2.43. The molecule has 1 aliphatic heterocycles. The average Bonchev–Trinajstić information content (AvgIpc) is 3.06. The molecule has 2 rings (SSSR count). The maximum Gasteiger partial charge on any atom is 0.389 e. The van der Waals surface area contributed by atoms with Crippen LogP contribution in [-0.4, -0.2) is 58.0 Å². The molecule has 1 unspecified atom stereocenters.